The topological polar surface area (TPSA) is 67.8 Å². The molecule has 5 nitrogen and oxygen atoms in total. The molecule has 1 aromatic rings. The summed E-state index contributed by atoms with van der Waals surface area (Å²) in [5.41, 5.74) is 0.752. The molecule has 0 spiro atoms. The first-order valence-electron chi connectivity index (χ1n) is 5.55. The van der Waals surface area contributed by atoms with Crippen molar-refractivity contribution in [2.45, 2.75) is 0 Å². The lowest BCUT2D eigenvalue weighted by Gasteiger charge is -2.09. The normalized spacial score (nSPS) is 14.3. The molecule has 0 amide bonds. The lowest BCUT2D eigenvalue weighted by atomic mass is 10.3. The predicted molar refractivity (Wildman–Crippen MR) is 69.2 cm³/mol. The number of carboxylic acid groups (broad SMARTS) is 1. The van der Waals surface area contributed by atoms with Crippen LogP contribution in [0.25, 0.3) is 0 Å². The first-order valence-corrected chi connectivity index (χ1v) is 5.93. The molecule has 0 aliphatic carbocycles. The van der Waals surface area contributed by atoms with E-state index in [-0.39, 0.29) is 6.54 Å². The third-order valence-electron chi connectivity index (χ3n) is 2.03. The lowest BCUT2D eigenvalue weighted by Crippen LogP contribution is -2.16. The highest BCUT2D eigenvalue weighted by atomic mass is 35.5. The molecule has 100 valence electrons. The zero-order chi connectivity index (χ0) is 13.2. The van der Waals surface area contributed by atoms with Crippen LogP contribution in [0.3, 0.4) is 0 Å². The maximum atomic E-state index is 10.2. The number of ether oxygens (including phenoxy) is 2. The molecule has 1 aliphatic rings. The van der Waals surface area contributed by atoms with Gasteiger partial charge in [0, 0.05) is 10.7 Å². The molecule has 18 heavy (non-hydrogen) atoms. The summed E-state index contributed by atoms with van der Waals surface area (Å²) in [4.78, 5) is 10.2. The number of aliphatic carboxylic acids is 1. The van der Waals surface area contributed by atoms with Crippen molar-refractivity contribution >= 4 is 23.3 Å². The molecular formula is C12H16ClNO4. The molecule has 2 N–H and O–H groups in total. The molecule has 0 aromatic heterocycles. The fourth-order valence-corrected chi connectivity index (χ4v) is 1.31. The standard InChI is InChI=1S/C8H8ClNO2.C4H8O2/c9-6-1-3-7(4-2-6)10-5-8(11)12;1-2-6-4-3-5-1/h1-4,10H,5H2,(H,11,12);1-4H2. The van der Waals surface area contributed by atoms with Gasteiger partial charge in [0.2, 0.25) is 0 Å². The Morgan fingerprint density at radius 2 is 1.67 bits per heavy atom. The van der Waals surface area contributed by atoms with Crippen molar-refractivity contribution < 1.29 is 19.4 Å². The smallest absolute Gasteiger partial charge is 0.322 e. The minimum absolute atomic E-state index is 0.0817. The van der Waals surface area contributed by atoms with Gasteiger partial charge in [-0.05, 0) is 24.3 Å². The highest BCUT2D eigenvalue weighted by molar-refractivity contribution is 6.30. The van der Waals surface area contributed by atoms with Gasteiger partial charge in [-0.3, -0.25) is 4.79 Å². The molecule has 1 saturated heterocycles. The number of hydrogen-bond donors (Lipinski definition) is 2. The van der Waals surface area contributed by atoms with Crippen LogP contribution in [0.5, 0.6) is 0 Å². The van der Waals surface area contributed by atoms with Gasteiger partial charge in [0.05, 0.1) is 26.4 Å². The van der Waals surface area contributed by atoms with Crippen LogP contribution in [0.1, 0.15) is 0 Å². The summed E-state index contributed by atoms with van der Waals surface area (Å²) in [6.45, 7) is 3.03. The summed E-state index contributed by atoms with van der Waals surface area (Å²) in [5, 5.41) is 11.7. The Labute approximate surface area is 111 Å². The largest absolute Gasteiger partial charge is 0.480 e. The molecule has 0 radical (unpaired) electrons. The average Bonchev–Trinajstić information content (AvgIpc) is 2.41. The van der Waals surface area contributed by atoms with E-state index in [9.17, 15) is 4.79 Å². The van der Waals surface area contributed by atoms with E-state index in [1.165, 1.54) is 0 Å². The minimum Gasteiger partial charge on any atom is -0.480 e. The SMILES string of the molecule is C1COCCO1.O=C(O)CNc1ccc(Cl)cc1. The summed E-state index contributed by atoms with van der Waals surface area (Å²) in [6.07, 6.45) is 0. The Kier molecular flexibility index (Phi) is 7.17. The van der Waals surface area contributed by atoms with Crippen LogP contribution in [0.4, 0.5) is 5.69 Å². The number of rotatable bonds is 3. The number of benzene rings is 1. The summed E-state index contributed by atoms with van der Waals surface area (Å²) in [5.74, 6) is -0.884. The second-order valence-corrected chi connectivity index (χ2v) is 3.92. The molecule has 6 heteroatoms. The number of carbonyl (C=O) groups is 1. The number of anilines is 1. The van der Waals surface area contributed by atoms with E-state index in [2.05, 4.69) is 5.32 Å². The quantitative estimate of drug-likeness (QED) is 0.880. The molecule has 1 aromatic carbocycles. The van der Waals surface area contributed by atoms with Gasteiger partial charge in [-0.2, -0.15) is 0 Å². The van der Waals surface area contributed by atoms with Gasteiger partial charge < -0.3 is 19.9 Å². The first kappa shape index (κ1) is 14.8. The molecule has 1 heterocycles. The fourth-order valence-electron chi connectivity index (χ4n) is 1.19. The number of halogens is 1. The van der Waals surface area contributed by atoms with E-state index in [1.807, 2.05) is 0 Å². The number of carboxylic acids is 1. The third kappa shape index (κ3) is 7.11. The number of nitrogens with one attached hydrogen (secondary N) is 1. The maximum absolute atomic E-state index is 10.2. The van der Waals surface area contributed by atoms with Gasteiger partial charge in [-0.1, -0.05) is 11.6 Å². The van der Waals surface area contributed by atoms with Gasteiger partial charge in [-0.15, -0.1) is 0 Å². The van der Waals surface area contributed by atoms with E-state index < -0.39 is 5.97 Å². The van der Waals surface area contributed by atoms with Crippen LogP contribution in [0, 0.1) is 0 Å². The van der Waals surface area contributed by atoms with Crippen LogP contribution in [-0.4, -0.2) is 44.0 Å². The first-order chi connectivity index (χ1) is 8.68. The molecule has 2 rings (SSSR count). The van der Waals surface area contributed by atoms with Crippen molar-refractivity contribution in [1.82, 2.24) is 0 Å². The average molecular weight is 274 g/mol. The molecule has 1 aliphatic heterocycles. The van der Waals surface area contributed by atoms with Gasteiger partial charge in [0.15, 0.2) is 0 Å². The van der Waals surface area contributed by atoms with E-state index in [1.54, 1.807) is 24.3 Å². The Hall–Kier alpha value is -1.30. The van der Waals surface area contributed by atoms with Crippen LogP contribution in [0.15, 0.2) is 24.3 Å². The van der Waals surface area contributed by atoms with E-state index in [0.29, 0.717) is 5.02 Å². The van der Waals surface area contributed by atoms with Crippen molar-refractivity contribution in [2.24, 2.45) is 0 Å². The van der Waals surface area contributed by atoms with Crippen LogP contribution in [-0.2, 0) is 14.3 Å². The summed E-state index contributed by atoms with van der Waals surface area (Å²) in [7, 11) is 0. The summed E-state index contributed by atoms with van der Waals surface area (Å²) in [6, 6.07) is 6.86. The van der Waals surface area contributed by atoms with E-state index in [0.717, 1.165) is 32.1 Å². The van der Waals surface area contributed by atoms with E-state index >= 15 is 0 Å². The van der Waals surface area contributed by atoms with Gasteiger partial charge in [-0.25, -0.2) is 0 Å². The van der Waals surface area contributed by atoms with Crippen molar-refractivity contribution in [2.75, 3.05) is 38.3 Å². The van der Waals surface area contributed by atoms with Crippen molar-refractivity contribution in [3.05, 3.63) is 29.3 Å². The Morgan fingerprint density at radius 1 is 1.17 bits per heavy atom. The second kappa shape index (κ2) is 8.74. The van der Waals surface area contributed by atoms with Gasteiger partial charge >= 0.3 is 5.97 Å². The Bertz CT molecular complexity index is 340. The van der Waals surface area contributed by atoms with Crippen LogP contribution in [0.2, 0.25) is 5.02 Å². The van der Waals surface area contributed by atoms with Crippen molar-refractivity contribution in [1.29, 1.82) is 0 Å². The molecule has 0 unspecified atom stereocenters. The van der Waals surface area contributed by atoms with Gasteiger partial charge in [0.1, 0.15) is 6.54 Å². The molecule has 0 saturated carbocycles. The van der Waals surface area contributed by atoms with Crippen molar-refractivity contribution in [3.63, 3.8) is 0 Å². The molecular weight excluding hydrogens is 258 g/mol. The monoisotopic (exact) mass is 273 g/mol. The minimum atomic E-state index is -0.884. The predicted octanol–water partition coefficient (Wildman–Crippen LogP) is 1.87. The zero-order valence-electron chi connectivity index (χ0n) is 9.89. The second-order valence-electron chi connectivity index (χ2n) is 3.48. The Morgan fingerprint density at radius 3 is 2.06 bits per heavy atom. The highest BCUT2D eigenvalue weighted by Crippen LogP contribution is 2.12. The van der Waals surface area contributed by atoms with E-state index in [4.69, 9.17) is 26.2 Å². The third-order valence-corrected chi connectivity index (χ3v) is 2.28. The van der Waals surface area contributed by atoms with Crippen LogP contribution < -0.4 is 5.32 Å². The fraction of sp³-hybridized carbons (Fsp3) is 0.417. The Balaban J connectivity index is 0.000000225. The maximum Gasteiger partial charge on any atom is 0.322 e. The summed E-state index contributed by atoms with van der Waals surface area (Å²) >= 11 is 5.63. The zero-order valence-corrected chi connectivity index (χ0v) is 10.7. The molecule has 0 bridgehead atoms. The van der Waals surface area contributed by atoms with Crippen molar-refractivity contribution in [3.8, 4) is 0 Å². The number of hydrogen-bond acceptors (Lipinski definition) is 4. The van der Waals surface area contributed by atoms with Gasteiger partial charge in [0.25, 0.3) is 0 Å². The van der Waals surface area contributed by atoms with Crippen LogP contribution >= 0.6 is 11.6 Å². The molecule has 0 atom stereocenters. The lowest BCUT2D eigenvalue weighted by molar-refractivity contribution is -0.134. The highest BCUT2D eigenvalue weighted by Gasteiger charge is 1.96. The summed E-state index contributed by atoms with van der Waals surface area (Å²) < 4.78 is 9.89. The molecule has 1 fully saturated rings.